The van der Waals surface area contributed by atoms with Crippen molar-refractivity contribution < 1.29 is 14.3 Å². The van der Waals surface area contributed by atoms with Gasteiger partial charge in [0, 0.05) is 12.1 Å². The van der Waals surface area contributed by atoms with E-state index in [0.717, 1.165) is 12.8 Å². The van der Waals surface area contributed by atoms with Crippen molar-refractivity contribution in [3.63, 3.8) is 0 Å². The first-order valence-electron chi connectivity index (χ1n) is 7.66. The molecule has 0 saturated carbocycles. The van der Waals surface area contributed by atoms with Gasteiger partial charge in [-0.25, -0.2) is 4.79 Å². The summed E-state index contributed by atoms with van der Waals surface area (Å²) in [5, 5.41) is 2.78. The van der Waals surface area contributed by atoms with Crippen LogP contribution in [-0.4, -0.2) is 47.2 Å². The van der Waals surface area contributed by atoms with E-state index in [2.05, 4.69) is 17.3 Å². The van der Waals surface area contributed by atoms with Crippen molar-refractivity contribution >= 4 is 12.0 Å². The van der Waals surface area contributed by atoms with Crippen LogP contribution in [0.15, 0.2) is 0 Å². The number of primary amides is 1. The first-order chi connectivity index (χ1) is 9.63. The number of piperidine rings is 2. The standard InChI is InChI=1S/C15H27N3O3/c1-14(2,3)21-13(20)17-15(12(16)19)8-10-6-5-7-11(9-15)18(10)4/h10-11H,5-9H2,1-4H3,(H2,16,19)(H,17,20). The molecule has 6 nitrogen and oxygen atoms in total. The van der Waals surface area contributed by atoms with Gasteiger partial charge in [0.05, 0.1) is 0 Å². The van der Waals surface area contributed by atoms with Crippen LogP contribution in [0.2, 0.25) is 0 Å². The number of nitrogens with two attached hydrogens (primary N) is 1. The van der Waals surface area contributed by atoms with Gasteiger partial charge in [0.2, 0.25) is 5.91 Å². The zero-order chi connectivity index (χ0) is 15.8. The maximum Gasteiger partial charge on any atom is 0.408 e. The van der Waals surface area contributed by atoms with E-state index in [4.69, 9.17) is 10.5 Å². The Kier molecular flexibility index (Phi) is 4.19. The van der Waals surface area contributed by atoms with E-state index in [1.807, 2.05) is 0 Å². The van der Waals surface area contributed by atoms with Crippen LogP contribution < -0.4 is 11.1 Å². The molecule has 6 heteroatoms. The van der Waals surface area contributed by atoms with E-state index in [1.165, 1.54) is 6.42 Å². The molecule has 0 aromatic carbocycles. The van der Waals surface area contributed by atoms with Crippen molar-refractivity contribution in [3.8, 4) is 0 Å². The molecule has 3 N–H and O–H groups in total. The lowest BCUT2D eigenvalue weighted by Crippen LogP contribution is -2.67. The maximum atomic E-state index is 12.1. The largest absolute Gasteiger partial charge is 0.444 e. The predicted octanol–water partition coefficient (Wildman–Crippen LogP) is 1.38. The number of rotatable bonds is 2. The molecule has 0 spiro atoms. The lowest BCUT2D eigenvalue weighted by Gasteiger charge is -2.51. The van der Waals surface area contributed by atoms with Gasteiger partial charge in [0.15, 0.2) is 0 Å². The lowest BCUT2D eigenvalue weighted by atomic mass is 9.73. The van der Waals surface area contributed by atoms with Gasteiger partial charge in [-0.1, -0.05) is 6.42 Å². The summed E-state index contributed by atoms with van der Waals surface area (Å²) in [6.07, 6.45) is 3.81. The van der Waals surface area contributed by atoms with Gasteiger partial charge in [0.25, 0.3) is 0 Å². The molecule has 2 saturated heterocycles. The van der Waals surface area contributed by atoms with Crippen LogP contribution in [0.5, 0.6) is 0 Å². The minimum absolute atomic E-state index is 0.292. The first kappa shape index (κ1) is 16.1. The van der Waals surface area contributed by atoms with Crippen molar-refractivity contribution in [1.29, 1.82) is 0 Å². The highest BCUT2D eigenvalue weighted by Gasteiger charge is 2.50. The highest BCUT2D eigenvalue weighted by Crippen LogP contribution is 2.38. The van der Waals surface area contributed by atoms with Crippen LogP contribution in [0.3, 0.4) is 0 Å². The average Bonchev–Trinajstić information content (AvgIpc) is 2.27. The Balaban J connectivity index is 2.15. The smallest absolute Gasteiger partial charge is 0.408 e. The molecule has 2 atom stereocenters. The van der Waals surface area contributed by atoms with Crippen molar-refractivity contribution in [1.82, 2.24) is 10.2 Å². The number of alkyl carbamates (subject to hydrolysis) is 1. The van der Waals surface area contributed by atoms with Gasteiger partial charge >= 0.3 is 6.09 Å². The number of ether oxygens (including phenoxy) is 1. The summed E-state index contributed by atoms with van der Waals surface area (Å²) < 4.78 is 5.29. The van der Waals surface area contributed by atoms with E-state index >= 15 is 0 Å². The van der Waals surface area contributed by atoms with Crippen molar-refractivity contribution in [3.05, 3.63) is 0 Å². The fraction of sp³-hybridized carbons (Fsp3) is 0.867. The van der Waals surface area contributed by atoms with Crippen molar-refractivity contribution in [2.75, 3.05) is 7.05 Å². The molecule has 21 heavy (non-hydrogen) atoms. The van der Waals surface area contributed by atoms with Gasteiger partial charge in [0.1, 0.15) is 11.1 Å². The molecule has 0 aliphatic carbocycles. The maximum absolute atomic E-state index is 12.1. The van der Waals surface area contributed by atoms with Gasteiger partial charge in [-0.05, 0) is 53.5 Å². The second-order valence-corrected chi connectivity index (χ2v) is 7.39. The molecule has 0 radical (unpaired) electrons. The summed E-state index contributed by atoms with van der Waals surface area (Å²) in [5.41, 5.74) is 4.06. The molecule has 2 amide bonds. The number of nitrogens with one attached hydrogen (secondary N) is 1. The third-order valence-corrected chi connectivity index (χ3v) is 4.61. The highest BCUT2D eigenvalue weighted by atomic mass is 16.6. The second-order valence-electron chi connectivity index (χ2n) is 7.39. The summed E-state index contributed by atoms with van der Waals surface area (Å²) >= 11 is 0. The fourth-order valence-corrected chi connectivity index (χ4v) is 3.54. The topological polar surface area (TPSA) is 84.7 Å². The van der Waals surface area contributed by atoms with Crippen molar-refractivity contribution in [2.24, 2.45) is 5.73 Å². The summed E-state index contributed by atoms with van der Waals surface area (Å²) in [4.78, 5) is 26.5. The molecule has 120 valence electrons. The number of hydrogen-bond donors (Lipinski definition) is 2. The van der Waals surface area contributed by atoms with Crippen molar-refractivity contribution in [2.45, 2.75) is 76.1 Å². The molecule has 2 rings (SSSR count). The van der Waals surface area contributed by atoms with E-state index < -0.39 is 23.1 Å². The minimum Gasteiger partial charge on any atom is -0.444 e. The Hall–Kier alpha value is -1.30. The van der Waals surface area contributed by atoms with Crippen LogP contribution in [0.4, 0.5) is 4.79 Å². The molecular weight excluding hydrogens is 270 g/mol. The summed E-state index contributed by atoms with van der Waals surface area (Å²) in [6.45, 7) is 5.40. The quantitative estimate of drug-likeness (QED) is 0.806. The molecule has 2 aliphatic heterocycles. The Morgan fingerprint density at radius 1 is 1.24 bits per heavy atom. The Bertz CT molecular complexity index is 416. The highest BCUT2D eigenvalue weighted by molar-refractivity contribution is 5.89. The third kappa shape index (κ3) is 3.48. The number of carbonyl (C=O) groups is 2. The zero-order valence-corrected chi connectivity index (χ0v) is 13.4. The summed E-state index contributed by atoms with van der Waals surface area (Å²) in [5.74, 6) is -0.460. The molecule has 0 aromatic rings. The van der Waals surface area contributed by atoms with E-state index in [1.54, 1.807) is 20.8 Å². The fourth-order valence-electron chi connectivity index (χ4n) is 3.54. The molecule has 2 unspecified atom stereocenters. The van der Waals surface area contributed by atoms with Gasteiger partial charge in [-0.2, -0.15) is 0 Å². The Morgan fingerprint density at radius 2 is 1.76 bits per heavy atom. The van der Waals surface area contributed by atoms with Gasteiger partial charge < -0.3 is 20.7 Å². The van der Waals surface area contributed by atoms with Crippen LogP contribution >= 0.6 is 0 Å². The lowest BCUT2D eigenvalue weighted by molar-refractivity contribution is -0.129. The van der Waals surface area contributed by atoms with Crippen LogP contribution in [0, 0.1) is 0 Å². The van der Waals surface area contributed by atoms with E-state index in [-0.39, 0.29) is 0 Å². The number of carbonyl (C=O) groups excluding carboxylic acids is 2. The third-order valence-electron chi connectivity index (χ3n) is 4.61. The minimum atomic E-state index is -0.982. The van der Waals surface area contributed by atoms with E-state index in [0.29, 0.717) is 24.9 Å². The number of amides is 2. The number of nitrogens with zero attached hydrogens (tertiary/aromatic N) is 1. The average molecular weight is 297 g/mol. The van der Waals surface area contributed by atoms with Gasteiger partial charge in [-0.15, -0.1) is 0 Å². The molecular formula is C15H27N3O3. The SMILES string of the molecule is CN1C2CCCC1CC(NC(=O)OC(C)(C)C)(C(N)=O)C2. The van der Waals surface area contributed by atoms with Crippen LogP contribution in [0.25, 0.3) is 0 Å². The summed E-state index contributed by atoms with van der Waals surface area (Å²) in [6, 6.07) is 0.583. The van der Waals surface area contributed by atoms with Gasteiger partial charge in [-0.3, -0.25) is 4.79 Å². The first-order valence-corrected chi connectivity index (χ1v) is 7.66. The number of hydrogen-bond acceptors (Lipinski definition) is 4. The zero-order valence-electron chi connectivity index (χ0n) is 13.4. The van der Waals surface area contributed by atoms with E-state index in [9.17, 15) is 9.59 Å². The van der Waals surface area contributed by atoms with Crippen LogP contribution in [0.1, 0.15) is 52.9 Å². The molecule has 0 aromatic heterocycles. The molecule has 2 fully saturated rings. The normalized spacial score (nSPS) is 33.3. The monoisotopic (exact) mass is 297 g/mol. The Labute approximate surface area is 126 Å². The molecule has 2 aliphatic rings. The number of fused-ring (bicyclic) bond motifs is 2. The molecule has 2 bridgehead atoms. The Morgan fingerprint density at radius 3 is 2.19 bits per heavy atom. The summed E-state index contributed by atoms with van der Waals surface area (Å²) in [7, 11) is 2.09. The molecule has 2 heterocycles. The second kappa shape index (κ2) is 5.48. The van der Waals surface area contributed by atoms with Crippen LogP contribution in [-0.2, 0) is 9.53 Å². The predicted molar refractivity (Wildman–Crippen MR) is 79.7 cm³/mol.